The highest BCUT2D eigenvalue weighted by Crippen LogP contribution is 2.19. The first-order valence-corrected chi connectivity index (χ1v) is 5.48. The predicted octanol–water partition coefficient (Wildman–Crippen LogP) is 1.56. The predicted molar refractivity (Wildman–Crippen MR) is 64.3 cm³/mol. The van der Waals surface area contributed by atoms with Crippen molar-refractivity contribution in [1.82, 2.24) is 5.32 Å². The van der Waals surface area contributed by atoms with Crippen molar-refractivity contribution in [2.24, 2.45) is 0 Å². The third-order valence-electron chi connectivity index (χ3n) is 2.10. The molecule has 0 aliphatic carbocycles. The molecule has 0 atom stereocenters. The summed E-state index contributed by atoms with van der Waals surface area (Å²) in [6.45, 7) is 3.08. The van der Waals surface area contributed by atoms with Crippen LogP contribution in [0.2, 0.25) is 0 Å². The van der Waals surface area contributed by atoms with Gasteiger partial charge in [0.2, 0.25) is 5.91 Å². The van der Waals surface area contributed by atoms with Crippen molar-refractivity contribution in [3.63, 3.8) is 0 Å². The van der Waals surface area contributed by atoms with Gasteiger partial charge in [0.1, 0.15) is 5.75 Å². The summed E-state index contributed by atoms with van der Waals surface area (Å²) in [4.78, 5) is 11.1. The first-order chi connectivity index (χ1) is 7.74. The van der Waals surface area contributed by atoms with E-state index >= 15 is 0 Å². The van der Waals surface area contributed by atoms with Crippen molar-refractivity contribution >= 4 is 11.6 Å². The SMILES string of the molecule is CCNC(=O)CCCOc1ccccc1N. The van der Waals surface area contributed by atoms with Crippen LogP contribution in [0.1, 0.15) is 19.8 Å². The fraction of sp³-hybridized carbons (Fsp3) is 0.417. The number of nitrogen functional groups attached to an aromatic ring is 1. The maximum atomic E-state index is 11.1. The Morgan fingerprint density at radius 1 is 1.44 bits per heavy atom. The monoisotopic (exact) mass is 222 g/mol. The second-order valence-corrected chi connectivity index (χ2v) is 3.44. The van der Waals surface area contributed by atoms with E-state index in [0.29, 0.717) is 37.4 Å². The molecule has 0 saturated heterocycles. The first kappa shape index (κ1) is 12.4. The van der Waals surface area contributed by atoms with Crippen LogP contribution in [0.3, 0.4) is 0 Å². The molecule has 0 aliphatic heterocycles. The van der Waals surface area contributed by atoms with E-state index in [1.807, 2.05) is 25.1 Å². The van der Waals surface area contributed by atoms with Crippen LogP contribution in [0.4, 0.5) is 5.69 Å². The molecule has 1 aromatic carbocycles. The van der Waals surface area contributed by atoms with Crippen LogP contribution in [0.15, 0.2) is 24.3 Å². The highest BCUT2D eigenvalue weighted by Gasteiger charge is 2.01. The number of hydrogen-bond donors (Lipinski definition) is 2. The van der Waals surface area contributed by atoms with Gasteiger partial charge in [0.05, 0.1) is 12.3 Å². The topological polar surface area (TPSA) is 64.3 Å². The average Bonchev–Trinajstić information content (AvgIpc) is 2.27. The van der Waals surface area contributed by atoms with Crippen molar-refractivity contribution in [3.05, 3.63) is 24.3 Å². The van der Waals surface area contributed by atoms with Gasteiger partial charge in [-0.05, 0) is 25.5 Å². The molecule has 4 heteroatoms. The fourth-order valence-corrected chi connectivity index (χ4v) is 1.31. The number of hydrogen-bond acceptors (Lipinski definition) is 3. The maximum Gasteiger partial charge on any atom is 0.220 e. The van der Waals surface area contributed by atoms with Crippen molar-refractivity contribution in [3.8, 4) is 5.75 Å². The van der Waals surface area contributed by atoms with E-state index in [4.69, 9.17) is 10.5 Å². The third kappa shape index (κ3) is 4.21. The molecule has 1 amide bonds. The summed E-state index contributed by atoms with van der Waals surface area (Å²) in [6, 6.07) is 7.34. The number of anilines is 1. The molecule has 0 bridgehead atoms. The minimum Gasteiger partial charge on any atom is -0.491 e. The Kier molecular flexibility index (Phi) is 5.19. The number of rotatable bonds is 6. The van der Waals surface area contributed by atoms with E-state index in [9.17, 15) is 4.79 Å². The Hall–Kier alpha value is -1.71. The number of para-hydroxylation sites is 2. The summed E-state index contributed by atoms with van der Waals surface area (Å²) < 4.78 is 5.46. The minimum atomic E-state index is 0.0622. The molecule has 16 heavy (non-hydrogen) atoms. The Labute approximate surface area is 95.8 Å². The first-order valence-electron chi connectivity index (χ1n) is 5.48. The lowest BCUT2D eigenvalue weighted by molar-refractivity contribution is -0.121. The van der Waals surface area contributed by atoms with Crippen LogP contribution < -0.4 is 15.8 Å². The van der Waals surface area contributed by atoms with Crippen LogP contribution >= 0.6 is 0 Å². The van der Waals surface area contributed by atoms with Gasteiger partial charge in [-0.2, -0.15) is 0 Å². The number of amides is 1. The van der Waals surface area contributed by atoms with Gasteiger partial charge in [0, 0.05) is 13.0 Å². The number of nitrogens with one attached hydrogen (secondary N) is 1. The number of benzene rings is 1. The molecule has 1 rings (SSSR count). The molecule has 88 valence electrons. The molecule has 0 saturated carbocycles. The summed E-state index contributed by atoms with van der Waals surface area (Å²) in [5.74, 6) is 0.741. The summed E-state index contributed by atoms with van der Waals surface area (Å²) in [5, 5.41) is 2.74. The number of nitrogens with two attached hydrogens (primary N) is 1. The molecule has 3 N–H and O–H groups in total. The molecule has 0 spiro atoms. The molecule has 0 heterocycles. The van der Waals surface area contributed by atoms with Gasteiger partial charge in [-0.25, -0.2) is 0 Å². The number of ether oxygens (including phenoxy) is 1. The van der Waals surface area contributed by atoms with Gasteiger partial charge in [0.25, 0.3) is 0 Å². The minimum absolute atomic E-state index is 0.0622. The summed E-state index contributed by atoms with van der Waals surface area (Å²) >= 11 is 0. The molecule has 0 aromatic heterocycles. The lowest BCUT2D eigenvalue weighted by atomic mass is 10.3. The normalized spacial score (nSPS) is 9.81. The van der Waals surface area contributed by atoms with Crippen LogP contribution in [0, 0.1) is 0 Å². The van der Waals surface area contributed by atoms with Crippen LogP contribution in [0.5, 0.6) is 5.75 Å². The van der Waals surface area contributed by atoms with Crippen molar-refractivity contribution in [1.29, 1.82) is 0 Å². The molecule has 0 fully saturated rings. The molecule has 4 nitrogen and oxygen atoms in total. The zero-order valence-electron chi connectivity index (χ0n) is 9.53. The standard InChI is InChI=1S/C12H18N2O2/c1-2-14-12(15)8-5-9-16-11-7-4-3-6-10(11)13/h3-4,6-7H,2,5,8-9,13H2,1H3,(H,14,15). The maximum absolute atomic E-state index is 11.1. The Morgan fingerprint density at radius 2 is 2.19 bits per heavy atom. The molecule has 0 radical (unpaired) electrons. The second kappa shape index (κ2) is 6.71. The Balaban J connectivity index is 2.21. The summed E-state index contributed by atoms with van der Waals surface area (Å²) in [6.07, 6.45) is 1.18. The summed E-state index contributed by atoms with van der Waals surface area (Å²) in [7, 11) is 0. The van der Waals surface area contributed by atoms with Gasteiger partial charge >= 0.3 is 0 Å². The van der Waals surface area contributed by atoms with Gasteiger partial charge in [-0.3, -0.25) is 4.79 Å². The van der Waals surface area contributed by atoms with Gasteiger partial charge in [-0.1, -0.05) is 12.1 Å². The van der Waals surface area contributed by atoms with Crippen molar-refractivity contribution < 1.29 is 9.53 Å². The van der Waals surface area contributed by atoms with Gasteiger partial charge < -0.3 is 15.8 Å². The van der Waals surface area contributed by atoms with Crippen LogP contribution in [0.25, 0.3) is 0 Å². The highest BCUT2D eigenvalue weighted by molar-refractivity contribution is 5.75. The third-order valence-corrected chi connectivity index (χ3v) is 2.10. The zero-order chi connectivity index (χ0) is 11.8. The van der Waals surface area contributed by atoms with E-state index in [-0.39, 0.29) is 5.91 Å². The highest BCUT2D eigenvalue weighted by atomic mass is 16.5. The second-order valence-electron chi connectivity index (χ2n) is 3.44. The van der Waals surface area contributed by atoms with Crippen LogP contribution in [-0.2, 0) is 4.79 Å². The molecular weight excluding hydrogens is 204 g/mol. The van der Waals surface area contributed by atoms with Crippen LogP contribution in [-0.4, -0.2) is 19.1 Å². The van der Waals surface area contributed by atoms with Crippen molar-refractivity contribution in [2.75, 3.05) is 18.9 Å². The largest absolute Gasteiger partial charge is 0.491 e. The Bertz CT molecular complexity index is 340. The van der Waals surface area contributed by atoms with Gasteiger partial charge in [0.15, 0.2) is 0 Å². The molecule has 0 aliphatic rings. The van der Waals surface area contributed by atoms with E-state index in [1.165, 1.54) is 0 Å². The quantitative estimate of drug-likeness (QED) is 0.567. The molecule has 0 unspecified atom stereocenters. The number of carbonyl (C=O) groups is 1. The Morgan fingerprint density at radius 3 is 2.88 bits per heavy atom. The van der Waals surface area contributed by atoms with E-state index in [0.717, 1.165) is 0 Å². The lowest BCUT2D eigenvalue weighted by Gasteiger charge is -2.08. The molecular formula is C12H18N2O2. The average molecular weight is 222 g/mol. The fourth-order valence-electron chi connectivity index (χ4n) is 1.31. The van der Waals surface area contributed by atoms with E-state index in [1.54, 1.807) is 6.07 Å². The van der Waals surface area contributed by atoms with E-state index < -0.39 is 0 Å². The lowest BCUT2D eigenvalue weighted by Crippen LogP contribution is -2.22. The van der Waals surface area contributed by atoms with E-state index in [2.05, 4.69) is 5.32 Å². The summed E-state index contributed by atoms with van der Waals surface area (Å²) in [5.41, 5.74) is 6.33. The van der Waals surface area contributed by atoms with Crippen molar-refractivity contribution in [2.45, 2.75) is 19.8 Å². The number of carbonyl (C=O) groups excluding carboxylic acids is 1. The zero-order valence-corrected chi connectivity index (χ0v) is 9.53. The van der Waals surface area contributed by atoms with Gasteiger partial charge in [-0.15, -0.1) is 0 Å². The molecule has 1 aromatic rings. The smallest absolute Gasteiger partial charge is 0.220 e.